The first-order chi connectivity index (χ1) is 7.36. The Hall–Kier alpha value is -0.830. The average molecular weight is 225 g/mol. The van der Waals surface area contributed by atoms with Crippen LogP contribution in [0.3, 0.4) is 0 Å². The van der Waals surface area contributed by atoms with Gasteiger partial charge in [0.2, 0.25) is 0 Å². The summed E-state index contributed by atoms with van der Waals surface area (Å²) in [5, 5.41) is 0. The minimum atomic E-state index is -0.0680. The maximum Gasteiger partial charge on any atom is 0.175 e. The van der Waals surface area contributed by atoms with Crippen LogP contribution in [-0.2, 0) is 9.53 Å². The number of likely N-dealkylation sites (N-methyl/N-ethyl adjacent to an activating group) is 1. The molecule has 1 aliphatic rings. The largest absolute Gasteiger partial charge is 0.379 e. The number of hydrogen-bond acceptors (Lipinski definition) is 3. The topological polar surface area (TPSA) is 29.5 Å². The van der Waals surface area contributed by atoms with Crippen LogP contribution in [0.15, 0.2) is 11.3 Å². The summed E-state index contributed by atoms with van der Waals surface area (Å²) in [6, 6.07) is 0. The lowest BCUT2D eigenvalue weighted by Crippen LogP contribution is -2.49. The second-order valence-corrected chi connectivity index (χ2v) is 5.01. The van der Waals surface area contributed by atoms with Crippen molar-refractivity contribution in [2.75, 3.05) is 20.2 Å². The Labute approximate surface area is 98.5 Å². The number of carbonyl (C=O) groups is 1. The molecule has 0 bridgehead atoms. The van der Waals surface area contributed by atoms with Crippen molar-refractivity contribution >= 4 is 5.78 Å². The Balaban J connectivity index is 3.24. The van der Waals surface area contributed by atoms with Gasteiger partial charge in [-0.3, -0.25) is 4.79 Å². The summed E-state index contributed by atoms with van der Waals surface area (Å²) in [5.74, 6) is 0.155. The molecule has 0 aromatic carbocycles. The highest BCUT2D eigenvalue weighted by atomic mass is 16.5. The third-order valence-electron chi connectivity index (χ3n) is 3.83. The number of rotatable bonds is 3. The fourth-order valence-corrected chi connectivity index (χ4v) is 2.45. The van der Waals surface area contributed by atoms with Crippen LogP contribution >= 0.6 is 0 Å². The molecule has 1 rings (SSSR count). The van der Waals surface area contributed by atoms with E-state index in [0.29, 0.717) is 0 Å². The second kappa shape index (κ2) is 4.58. The fraction of sp³-hybridized carbons (Fsp3) is 0.769. The van der Waals surface area contributed by atoms with E-state index in [2.05, 4.69) is 25.7 Å². The van der Waals surface area contributed by atoms with Crippen molar-refractivity contribution in [1.29, 1.82) is 0 Å². The van der Waals surface area contributed by atoms with Crippen molar-refractivity contribution in [3.05, 3.63) is 11.3 Å². The molecule has 0 aromatic heterocycles. The molecule has 0 spiro atoms. The lowest BCUT2D eigenvalue weighted by Gasteiger charge is -2.45. The molecule has 1 heterocycles. The van der Waals surface area contributed by atoms with Crippen LogP contribution in [0, 0.1) is 5.41 Å². The SMILES string of the molecule is CCN1C[C@@H](OC)C(C)(C)C(C)=C1C(C)=O. The predicted molar refractivity (Wildman–Crippen MR) is 65.2 cm³/mol. The number of Topliss-reactive ketones (excluding diaryl/α,β-unsaturated/α-hetero) is 1. The fourth-order valence-electron chi connectivity index (χ4n) is 2.45. The summed E-state index contributed by atoms with van der Waals surface area (Å²) < 4.78 is 5.55. The van der Waals surface area contributed by atoms with Gasteiger partial charge in [0, 0.05) is 32.5 Å². The first-order valence-electron chi connectivity index (χ1n) is 5.86. The van der Waals surface area contributed by atoms with Crippen molar-refractivity contribution in [2.24, 2.45) is 5.41 Å². The predicted octanol–water partition coefficient (Wildman–Crippen LogP) is 2.23. The van der Waals surface area contributed by atoms with Crippen LogP contribution in [0.5, 0.6) is 0 Å². The van der Waals surface area contributed by atoms with E-state index in [1.807, 2.05) is 6.92 Å². The van der Waals surface area contributed by atoms with Gasteiger partial charge in [-0.15, -0.1) is 0 Å². The molecule has 0 fully saturated rings. The van der Waals surface area contributed by atoms with E-state index in [1.54, 1.807) is 14.0 Å². The van der Waals surface area contributed by atoms with Crippen LogP contribution in [-0.4, -0.2) is 37.0 Å². The van der Waals surface area contributed by atoms with Gasteiger partial charge in [-0.1, -0.05) is 13.8 Å². The Morgan fingerprint density at radius 2 is 2.12 bits per heavy atom. The van der Waals surface area contributed by atoms with E-state index in [4.69, 9.17) is 4.74 Å². The van der Waals surface area contributed by atoms with Gasteiger partial charge in [0.15, 0.2) is 5.78 Å². The van der Waals surface area contributed by atoms with Gasteiger partial charge in [-0.25, -0.2) is 0 Å². The van der Waals surface area contributed by atoms with Crippen LogP contribution in [0.4, 0.5) is 0 Å². The number of methoxy groups -OCH3 is 1. The Bertz CT molecular complexity index is 318. The number of ether oxygens (including phenoxy) is 1. The smallest absolute Gasteiger partial charge is 0.175 e. The Morgan fingerprint density at radius 1 is 1.56 bits per heavy atom. The van der Waals surface area contributed by atoms with E-state index < -0.39 is 0 Å². The molecule has 0 N–H and O–H groups in total. The van der Waals surface area contributed by atoms with E-state index in [1.165, 1.54) is 0 Å². The first-order valence-corrected chi connectivity index (χ1v) is 5.86. The van der Waals surface area contributed by atoms with Crippen molar-refractivity contribution in [1.82, 2.24) is 4.90 Å². The van der Waals surface area contributed by atoms with Gasteiger partial charge in [-0.2, -0.15) is 0 Å². The van der Waals surface area contributed by atoms with Gasteiger partial charge in [-0.05, 0) is 19.4 Å². The minimum absolute atomic E-state index is 0.0680. The van der Waals surface area contributed by atoms with Gasteiger partial charge >= 0.3 is 0 Å². The van der Waals surface area contributed by atoms with E-state index in [0.717, 1.165) is 24.4 Å². The first kappa shape index (κ1) is 13.2. The van der Waals surface area contributed by atoms with Crippen LogP contribution < -0.4 is 0 Å². The van der Waals surface area contributed by atoms with Crippen LogP contribution in [0.25, 0.3) is 0 Å². The molecule has 1 atom stereocenters. The molecule has 0 saturated heterocycles. The lowest BCUT2D eigenvalue weighted by molar-refractivity contribution is -0.116. The van der Waals surface area contributed by atoms with E-state index >= 15 is 0 Å². The summed E-state index contributed by atoms with van der Waals surface area (Å²) >= 11 is 0. The molecule has 0 saturated carbocycles. The molecule has 0 unspecified atom stereocenters. The van der Waals surface area contributed by atoms with Crippen molar-refractivity contribution in [2.45, 2.75) is 40.7 Å². The molecular formula is C13H23NO2. The van der Waals surface area contributed by atoms with Crippen molar-refractivity contribution in [3.63, 3.8) is 0 Å². The highest BCUT2D eigenvalue weighted by Crippen LogP contribution is 2.39. The molecule has 1 aliphatic heterocycles. The molecule has 0 radical (unpaired) electrons. The molecule has 3 nitrogen and oxygen atoms in total. The molecule has 92 valence electrons. The lowest BCUT2D eigenvalue weighted by atomic mass is 9.75. The molecular weight excluding hydrogens is 202 g/mol. The van der Waals surface area contributed by atoms with E-state index in [-0.39, 0.29) is 17.3 Å². The summed E-state index contributed by atoms with van der Waals surface area (Å²) in [6.45, 7) is 11.7. The monoisotopic (exact) mass is 225 g/mol. The van der Waals surface area contributed by atoms with Crippen molar-refractivity contribution < 1.29 is 9.53 Å². The molecule has 0 amide bonds. The van der Waals surface area contributed by atoms with Gasteiger partial charge in [0.1, 0.15) is 0 Å². The Morgan fingerprint density at radius 3 is 2.50 bits per heavy atom. The minimum Gasteiger partial charge on any atom is -0.379 e. The zero-order chi connectivity index (χ0) is 12.5. The average Bonchev–Trinajstić information content (AvgIpc) is 2.20. The van der Waals surface area contributed by atoms with Gasteiger partial charge in [0.05, 0.1) is 11.8 Å². The van der Waals surface area contributed by atoms with Gasteiger partial charge in [0.25, 0.3) is 0 Å². The molecule has 0 aliphatic carbocycles. The van der Waals surface area contributed by atoms with Crippen LogP contribution in [0.1, 0.15) is 34.6 Å². The van der Waals surface area contributed by atoms with Crippen molar-refractivity contribution in [3.8, 4) is 0 Å². The zero-order valence-electron chi connectivity index (χ0n) is 11.3. The summed E-state index contributed by atoms with van der Waals surface area (Å²) in [6.07, 6.45) is 0.149. The standard InChI is InChI=1S/C13H23NO2/c1-7-14-8-11(16-6)13(4,5)9(2)12(14)10(3)15/h11H,7-8H2,1-6H3/t11-/m1/s1. The molecule has 3 heteroatoms. The molecule has 16 heavy (non-hydrogen) atoms. The normalized spacial score (nSPS) is 24.9. The third-order valence-corrected chi connectivity index (χ3v) is 3.83. The number of ketones is 1. The second-order valence-electron chi connectivity index (χ2n) is 5.01. The zero-order valence-corrected chi connectivity index (χ0v) is 11.3. The summed E-state index contributed by atoms with van der Waals surface area (Å²) in [7, 11) is 1.74. The summed E-state index contributed by atoms with van der Waals surface area (Å²) in [4.78, 5) is 13.8. The molecule has 0 aromatic rings. The number of hydrogen-bond donors (Lipinski definition) is 0. The Kier molecular flexibility index (Phi) is 3.79. The summed E-state index contributed by atoms with van der Waals surface area (Å²) in [5.41, 5.74) is 1.95. The third kappa shape index (κ3) is 2.01. The van der Waals surface area contributed by atoms with E-state index in [9.17, 15) is 4.79 Å². The number of carbonyl (C=O) groups excluding carboxylic acids is 1. The highest BCUT2D eigenvalue weighted by molar-refractivity contribution is 5.93. The van der Waals surface area contributed by atoms with Gasteiger partial charge < -0.3 is 9.64 Å². The maximum absolute atomic E-state index is 11.7. The van der Waals surface area contributed by atoms with Crippen LogP contribution in [0.2, 0.25) is 0 Å². The number of nitrogens with zero attached hydrogens (tertiary/aromatic N) is 1. The maximum atomic E-state index is 11.7. The quantitative estimate of drug-likeness (QED) is 0.737. The highest BCUT2D eigenvalue weighted by Gasteiger charge is 2.40. The number of allylic oxidation sites excluding steroid dienone is 1.